The first-order valence-electron chi connectivity index (χ1n) is 7.28. The van der Waals surface area contributed by atoms with E-state index >= 15 is 0 Å². The standard InChI is InChI=1S/C14H25N5/c1-4-10-6-7-12(9(10)3)18-13-11(5-2)14(19-15)17-8-16-13/h8-10,12H,4-7,15H2,1-3H3,(H2,16,17,18,19). The highest BCUT2D eigenvalue weighted by atomic mass is 15.3. The molecule has 4 N–H and O–H groups in total. The van der Waals surface area contributed by atoms with Gasteiger partial charge in [-0.15, -0.1) is 0 Å². The van der Waals surface area contributed by atoms with Gasteiger partial charge in [0.25, 0.3) is 0 Å². The fourth-order valence-electron chi connectivity index (χ4n) is 3.20. The molecule has 1 fully saturated rings. The summed E-state index contributed by atoms with van der Waals surface area (Å²) in [5.41, 5.74) is 3.72. The van der Waals surface area contributed by atoms with Gasteiger partial charge in [0.1, 0.15) is 18.0 Å². The number of aromatic nitrogens is 2. The van der Waals surface area contributed by atoms with Crippen LogP contribution in [0.5, 0.6) is 0 Å². The molecule has 0 amide bonds. The zero-order chi connectivity index (χ0) is 13.8. The van der Waals surface area contributed by atoms with E-state index in [0.29, 0.717) is 12.0 Å². The lowest BCUT2D eigenvalue weighted by Gasteiger charge is -2.23. The van der Waals surface area contributed by atoms with Gasteiger partial charge in [0.15, 0.2) is 0 Å². The van der Waals surface area contributed by atoms with Gasteiger partial charge in [0.05, 0.1) is 0 Å². The Morgan fingerprint density at radius 2 is 2.00 bits per heavy atom. The number of rotatable bonds is 5. The predicted molar refractivity (Wildman–Crippen MR) is 78.8 cm³/mol. The molecule has 19 heavy (non-hydrogen) atoms. The molecule has 3 unspecified atom stereocenters. The molecule has 1 aliphatic rings. The number of nitrogens with one attached hydrogen (secondary N) is 2. The Morgan fingerprint density at radius 1 is 1.26 bits per heavy atom. The maximum atomic E-state index is 5.51. The summed E-state index contributed by atoms with van der Waals surface area (Å²) in [6, 6.07) is 0.510. The molecule has 106 valence electrons. The largest absolute Gasteiger partial charge is 0.367 e. The van der Waals surface area contributed by atoms with Crippen LogP contribution in [0.15, 0.2) is 6.33 Å². The van der Waals surface area contributed by atoms with Gasteiger partial charge in [0, 0.05) is 11.6 Å². The summed E-state index contributed by atoms with van der Waals surface area (Å²) in [4.78, 5) is 8.56. The highest BCUT2D eigenvalue weighted by Crippen LogP contribution is 2.36. The minimum atomic E-state index is 0.510. The van der Waals surface area contributed by atoms with Crippen LogP contribution >= 0.6 is 0 Å². The molecule has 0 saturated heterocycles. The quantitative estimate of drug-likeness (QED) is 0.562. The third-order valence-electron chi connectivity index (χ3n) is 4.51. The van der Waals surface area contributed by atoms with Crippen LogP contribution in [0.25, 0.3) is 0 Å². The third kappa shape index (κ3) is 2.81. The normalized spacial score (nSPS) is 26.4. The van der Waals surface area contributed by atoms with Gasteiger partial charge in [-0.3, -0.25) is 0 Å². The molecule has 0 bridgehead atoms. The van der Waals surface area contributed by atoms with Crippen molar-refractivity contribution in [1.29, 1.82) is 0 Å². The molecule has 2 rings (SSSR count). The summed E-state index contributed by atoms with van der Waals surface area (Å²) < 4.78 is 0. The van der Waals surface area contributed by atoms with Gasteiger partial charge < -0.3 is 10.7 Å². The number of nitrogen functional groups attached to an aromatic ring is 1. The second-order valence-electron chi connectivity index (χ2n) is 5.40. The molecule has 1 aromatic rings. The number of anilines is 2. The summed E-state index contributed by atoms with van der Waals surface area (Å²) in [6.07, 6.45) is 6.22. The highest BCUT2D eigenvalue weighted by Gasteiger charge is 2.32. The van der Waals surface area contributed by atoms with Crippen molar-refractivity contribution in [3.63, 3.8) is 0 Å². The van der Waals surface area contributed by atoms with Gasteiger partial charge in [-0.05, 0) is 31.1 Å². The Labute approximate surface area is 115 Å². The van der Waals surface area contributed by atoms with Crippen LogP contribution in [0.1, 0.15) is 45.6 Å². The lowest BCUT2D eigenvalue weighted by molar-refractivity contribution is 0.391. The van der Waals surface area contributed by atoms with Gasteiger partial charge >= 0.3 is 0 Å². The predicted octanol–water partition coefficient (Wildman–Crippen LogP) is 2.56. The molecule has 0 aliphatic heterocycles. The van der Waals surface area contributed by atoms with Crippen LogP contribution in [0, 0.1) is 11.8 Å². The Hall–Kier alpha value is -1.36. The summed E-state index contributed by atoms with van der Waals surface area (Å²) in [7, 11) is 0. The van der Waals surface area contributed by atoms with Crippen molar-refractivity contribution in [3.8, 4) is 0 Å². The van der Waals surface area contributed by atoms with Crippen LogP contribution in [0.2, 0.25) is 0 Å². The summed E-state index contributed by atoms with van der Waals surface area (Å²) in [5, 5.41) is 3.60. The van der Waals surface area contributed by atoms with Gasteiger partial charge in [-0.25, -0.2) is 15.8 Å². The Kier molecular flexibility index (Phi) is 4.58. The van der Waals surface area contributed by atoms with E-state index in [-0.39, 0.29) is 0 Å². The monoisotopic (exact) mass is 263 g/mol. The first kappa shape index (κ1) is 14.1. The number of hydrogen-bond donors (Lipinski definition) is 3. The van der Waals surface area contributed by atoms with Gasteiger partial charge in [-0.2, -0.15) is 0 Å². The molecule has 1 aromatic heterocycles. The van der Waals surface area contributed by atoms with Crippen molar-refractivity contribution in [3.05, 3.63) is 11.9 Å². The molecule has 1 aliphatic carbocycles. The minimum Gasteiger partial charge on any atom is -0.367 e. The van der Waals surface area contributed by atoms with E-state index in [0.717, 1.165) is 29.5 Å². The third-order valence-corrected chi connectivity index (χ3v) is 4.51. The highest BCUT2D eigenvalue weighted by molar-refractivity contribution is 5.57. The molecule has 0 radical (unpaired) electrons. The number of nitrogens with two attached hydrogens (primary N) is 1. The van der Waals surface area contributed by atoms with Crippen LogP contribution in [-0.2, 0) is 6.42 Å². The fraction of sp³-hybridized carbons (Fsp3) is 0.714. The van der Waals surface area contributed by atoms with Crippen LogP contribution < -0.4 is 16.6 Å². The average molecular weight is 263 g/mol. The molecular formula is C14H25N5. The SMILES string of the molecule is CCc1c(NN)ncnc1NC1CCC(CC)C1C. The first-order valence-corrected chi connectivity index (χ1v) is 7.28. The maximum absolute atomic E-state index is 5.51. The molecule has 1 saturated carbocycles. The van der Waals surface area contributed by atoms with Crippen LogP contribution in [0.3, 0.4) is 0 Å². The van der Waals surface area contributed by atoms with Crippen molar-refractivity contribution >= 4 is 11.6 Å². The molecule has 3 atom stereocenters. The average Bonchev–Trinajstić information content (AvgIpc) is 2.79. The summed E-state index contributed by atoms with van der Waals surface area (Å²) in [6.45, 7) is 6.72. The molecule has 0 spiro atoms. The molecule has 5 nitrogen and oxygen atoms in total. The van der Waals surface area contributed by atoms with Crippen molar-refractivity contribution in [1.82, 2.24) is 9.97 Å². The van der Waals surface area contributed by atoms with E-state index in [1.165, 1.54) is 19.3 Å². The second-order valence-corrected chi connectivity index (χ2v) is 5.40. The molecule has 1 heterocycles. The van der Waals surface area contributed by atoms with Crippen LogP contribution in [0.4, 0.5) is 11.6 Å². The van der Waals surface area contributed by atoms with Crippen molar-refractivity contribution in [2.75, 3.05) is 10.7 Å². The zero-order valence-corrected chi connectivity index (χ0v) is 12.1. The van der Waals surface area contributed by atoms with E-state index in [1.54, 1.807) is 6.33 Å². The molecule has 0 aromatic carbocycles. The Bertz CT molecular complexity index is 420. The minimum absolute atomic E-state index is 0.510. The fourth-order valence-corrected chi connectivity index (χ4v) is 3.20. The molecular weight excluding hydrogens is 238 g/mol. The number of nitrogens with zero attached hydrogens (tertiary/aromatic N) is 2. The van der Waals surface area contributed by atoms with E-state index in [1.807, 2.05) is 0 Å². The van der Waals surface area contributed by atoms with E-state index < -0.39 is 0 Å². The maximum Gasteiger partial charge on any atom is 0.148 e. The van der Waals surface area contributed by atoms with Crippen molar-refractivity contribution in [2.45, 2.75) is 52.5 Å². The lowest BCUT2D eigenvalue weighted by atomic mass is 9.93. The van der Waals surface area contributed by atoms with E-state index in [2.05, 4.69) is 41.5 Å². The Morgan fingerprint density at radius 3 is 2.58 bits per heavy atom. The van der Waals surface area contributed by atoms with Crippen molar-refractivity contribution < 1.29 is 0 Å². The van der Waals surface area contributed by atoms with E-state index in [4.69, 9.17) is 5.84 Å². The molecule has 5 heteroatoms. The van der Waals surface area contributed by atoms with Crippen LogP contribution in [-0.4, -0.2) is 16.0 Å². The lowest BCUT2D eigenvalue weighted by Crippen LogP contribution is -2.26. The summed E-state index contributed by atoms with van der Waals surface area (Å²) >= 11 is 0. The zero-order valence-electron chi connectivity index (χ0n) is 12.1. The van der Waals surface area contributed by atoms with Gasteiger partial charge in [0.2, 0.25) is 0 Å². The van der Waals surface area contributed by atoms with Crippen molar-refractivity contribution in [2.24, 2.45) is 17.7 Å². The smallest absolute Gasteiger partial charge is 0.148 e. The Balaban J connectivity index is 2.15. The number of hydrogen-bond acceptors (Lipinski definition) is 5. The number of hydrazine groups is 1. The van der Waals surface area contributed by atoms with Gasteiger partial charge in [-0.1, -0.05) is 27.2 Å². The topological polar surface area (TPSA) is 75.9 Å². The summed E-state index contributed by atoms with van der Waals surface area (Å²) in [5.74, 6) is 8.68. The first-order chi connectivity index (χ1) is 9.21. The van der Waals surface area contributed by atoms with E-state index in [9.17, 15) is 0 Å². The second kappa shape index (κ2) is 6.19.